The molecule has 9 nitrogen and oxygen atoms in total. The summed E-state index contributed by atoms with van der Waals surface area (Å²) >= 11 is 0. The van der Waals surface area contributed by atoms with E-state index in [0.29, 0.717) is 54.6 Å². The molecule has 3 heterocycles. The Hall–Kier alpha value is -3.49. The van der Waals surface area contributed by atoms with Crippen LogP contribution in [0.5, 0.6) is 5.75 Å². The monoisotopic (exact) mass is 437 g/mol. The van der Waals surface area contributed by atoms with Crippen molar-refractivity contribution in [1.29, 1.82) is 0 Å². The number of hydrogen-bond donors (Lipinski definition) is 1. The topological polar surface area (TPSA) is 105 Å². The van der Waals surface area contributed by atoms with Crippen LogP contribution in [0.1, 0.15) is 47.1 Å². The fraction of sp³-hybridized carbons (Fsp3) is 0.435. The second-order valence-corrected chi connectivity index (χ2v) is 8.15. The second-order valence-electron chi connectivity index (χ2n) is 8.15. The maximum absolute atomic E-state index is 12.6. The van der Waals surface area contributed by atoms with E-state index in [1.807, 2.05) is 0 Å². The molecule has 0 aliphatic carbocycles. The SMILES string of the molecule is COc1ccc(NC(=O)c2cnc([C@@H]3CCN(C(=O)CN4CCCC4=O)C3)nc2C)cc1. The third-order valence-corrected chi connectivity index (χ3v) is 5.99. The highest BCUT2D eigenvalue weighted by Crippen LogP contribution is 2.26. The van der Waals surface area contributed by atoms with Gasteiger partial charge >= 0.3 is 0 Å². The van der Waals surface area contributed by atoms with Crippen molar-refractivity contribution in [2.75, 3.05) is 38.6 Å². The molecular formula is C23H27N5O4. The summed E-state index contributed by atoms with van der Waals surface area (Å²) in [6.45, 7) is 3.73. The zero-order valence-electron chi connectivity index (χ0n) is 18.3. The van der Waals surface area contributed by atoms with Gasteiger partial charge in [-0.05, 0) is 44.0 Å². The fourth-order valence-corrected chi connectivity index (χ4v) is 4.11. The number of ether oxygens (including phenoxy) is 1. The van der Waals surface area contributed by atoms with Gasteiger partial charge in [0.15, 0.2) is 0 Å². The molecule has 0 unspecified atom stereocenters. The number of nitrogens with zero attached hydrogens (tertiary/aromatic N) is 4. The number of carbonyl (C=O) groups is 3. The summed E-state index contributed by atoms with van der Waals surface area (Å²) in [7, 11) is 1.59. The van der Waals surface area contributed by atoms with E-state index >= 15 is 0 Å². The summed E-state index contributed by atoms with van der Waals surface area (Å²) < 4.78 is 5.13. The van der Waals surface area contributed by atoms with Crippen molar-refractivity contribution in [3.63, 3.8) is 0 Å². The van der Waals surface area contributed by atoms with Crippen LogP contribution in [0.3, 0.4) is 0 Å². The average Bonchev–Trinajstić information content (AvgIpc) is 3.44. The van der Waals surface area contributed by atoms with E-state index in [9.17, 15) is 14.4 Å². The number of aryl methyl sites for hydroxylation is 1. The van der Waals surface area contributed by atoms with E-state index in [1.54, 1.807) is 54.3 Å². The number of hydrogen-bond acceptors (Lipinski definition) is 6. The molecule has 168 valence electrons. The summed E-state index contributed by atoms with van der Waals surface area (Å²) in [6.07, 6.45) is 3.65. The van der Waals surface area contributed by atoms with Gasteiger partial charge in [0.25, 0.3) is 5.91 Å². The Morgan fingerprint density at radius 2 is 2.00 bits per heavy atom. The molecule has 1 N–H and O–H groups in total. The molecule has 2 fully saturated rings. The van der Waals surface area contributed by atoms with E-state index in [0.717, 1.165) is 12.8 Å². The van der Waals surface area contributed by atoms with Gasteiger partial charge in [0, 0.05) is 43.9 Å². The van der Waals surface area contributed by atoms with Crippen LogP contribution in [0.2, 0.25) is 0 Å². The Morgan fingerprint density at radius 1 is 1.22 bits per heavy atom. The van der Waals surface area contributed by atoms with E-state index in [-0.39, 0.29) is 30.2 Å². The standard InChI is InChI=1S/C23H27N5O4/c1-15-19(23(31)26-17-5-7-18(32-2)8-6-17)12-24-22(25-15)16-9-11-28(13-16)21(30)14-27-10-3-4-20(27)29/h5-8,12,16H,3-4,9-11,13-14H2,1-2H3,(H,26,31)/t16-/m1/s1. The molecule has 32 heavy (non-hydrogen) atoms. The van der Waals surface area contributed by atoms with Gasteiger partial charge in [0.1, 0.15) is 11.6 Å². The van der Waals surface area contributed by atoms with Crippen LogP contribution >= 0.6 is 0 Å². The zero-order valence-corrected chi connectivity index (χ0v) is 18.3. The number of carbonyl (C=O) groups excluding carboxylic acids is 3. The molecule has 3 amide bonds. The zero-order chi connectivity index (χ0) is 22.7. The summed E-state index contributed by atoms with van der Waals surface area (Å²) in [6, 6.07) is 7.08. The Balaban J connectivity index is 1.37. The van der Waals surface area contributed by atoms with Crippen molar-refractivity contribution < 1.29 is 19.1 Å². The van der Waals surface area contributed by atoms with Crippen molar-refractivity contribution in [2.45, 2.75) is 32.1 Å². The Labute approximate surface area is 186 Å². The lowest BCUT2D eigenvalue weighted by Gasteiger charge is -2.21. The van der Waals surface area contributed by atoms with Crippen LogP contribution in [-0.4, -0.2) is 70.8 Å². The molecule has 1 aromatic carbocycles. The molecule has 1 atom stereocenters. The number of anilines is 1. The minimum absolute atomic E-state index is 0.0191. The molecule has 9 heteroatoms. The molecular weight excluding hydrogens is 410 g/mol. The van der Waals surface area contributed by atoms with Crippen molar-refractivity contribution in [3.8, 4) is 5.75 Å². The number of aromatic nitrogens is 2. The highest BCUT2D eigenvalue weighted by molar-refractivity contribution is 6.04. The Kier molecular flexibility index (Phi) is 6.34. The van der Waals surface area contributed by atoms with Gasteiger partial charge < -0.3 is 19.9 Å². The Morgan fingerprint density at radius 3 is 2.66 bits per heavy atom. The quantitative estimate of drug-likeness (QED) is 0.741. The lowest BCUT2D eigenvalue weighted by Crippen LogP contribution is -2.39. The third kappa shape index (κ3) is 4.71. The normalized spacial score (nSPS) is 18.2. The van der Waals surface area contributed by atoms with Crippen LogP contribution in [0.25, 0.3) is 0 Å². The summed E-state index contributed by atoms with van der Waals surface area (Å²) in [5, 5.41) is 2.84. The van der Waals surface area contributed by atoms with E-state index < -0.39 is 0 Å². The van der Waals surface area contributed by atoms with Crippen LogP contribution in [0, 0.1) is 6.92 Å². The molecule has 0 bridgehead atoms. The van der Waals surface area contributed by atoms with Gasteiger partial charge in [0.2, 0.25) is 11.8 Å². The minimum Gasteiger partial charge on any atom is -0.497 e. The predicted molar refractivity (Wildman–Crippen MR) is 117 cm³/mol. The molecule has 0 spiro atoms. The summed E-state index contributed by atoms with van der Waals surface area (Å²) in [5.41, 5.74) is 1.65. The van der Waals surface area contributed by atoms with E-state index in [2.05, 4.69) is 15.3 Å². The van der Waals surface area contributed by atoms with Crippen LogP contribution in [0.15, 0.2) is 30.5 Å². The second kappa shape index (κ2) is 9.33. The maximum Gasteiger partial charge on any atom is 0.259 e. The molecule has 2 saturated heterocycles. The van der Waals surface area contributed by atoms with Crippen LogP contribution < -0.4 is 10.1 Å². The largest absolute Gasteiger partial charge is 0.497 e. The minimum atomic E-state index is -0.280. The van der Waals surface area contributed by atoms with Gasteiger partial charge in [-0.1, -0.05) is 0 Å². The van der Waals surface area contributed by atoms with Crippen molar-refractivity contribution in [2.24, 2.45) is 0 Å². The van der Waals surface area contributed by atoms with Crippen LogP contribution in [0.4, 0.5) is 5.69 Å². The van der Waals surface area contributed by atoms with Gasteiger partial charge in [-0.3, -0.25) is 14.4 Å². The number of likely N-dealkylation sites (tertiary alicyclic amines) is 2. The van der Waals surface area contributed by atoms with Gasteiger partial charge in [0.05, 0.1) is 24.9 Å². The number of amides is 3. The maximum atomic E-state index is 12.6. The highest BCUT2D eigenvalue weighted by atomic mass is 16.5. The average molecular weight is 438 g/mol. The number of nitrogens with one attached hydrogen (secondary N) is 1. The van der Waals surface area contributed by atoms with Crippen LogP contribution in [-0.2, 0) is 9.59 Å². The van der Waals surface area contributed by atoms with Gasteiger partial charge in [-0.25, -0.2) is 9.97 Å². The summed E-state index contributed by atoms with van der Waals surface area (Å²) in [4.78, 5) is 49.4. The van der Waals surface area contributed by atoms with E-state index in [4.69, 9.17) is 4.74 Å². The Bertz CT molecular complexity index is 1020. The van der Waals surface area contributed by atoms with Gasteiger partial charge in [-0.2, -0.15) is 0 Å². The molecule has 0 saturated carbocycles. The summed E-state index contributed by atoms with van der Waals surface area (Å²) in [5.74, 6) is 1.11. The first-order chi connectivity index (χ1) is 15.4. The lowest BCUT2D eigenvalue weighted by atomic mass is 10.1. The molecule has 0 radical (unpaired) electrons. The van der Waals surface area contributed by atoms with Gasteiger partial charge in [-0.15, -0.1) is 0 Å². The molecule has 2 aromatic rings. The predicted octanol–water partition coefficient (Wildman–Crippen LogP) is 1.98. The number of benzene rings is 1. The van der Waals surface area contributed by atoms with Crippen molar-refractivity contribution >= 4 is 23.4 Å². The lowest BCUT2D eigenvalue weighted by molar-refractivity contribution is -0.137. The fourth-order valence-electron chi connectivity index (χ4n) is 4.11. The van der Waals surface area contributed by atoms with Crippen molar-refractivity contribution in [3.05, 3.63) is 47.5 Å². The first-order valence-electron chi connectivity index (χ1n) is 10.8. The van der Waals surface area contributed by atoms with Crippen molar-refractivity contribution in [1.82, 2.24) is 19.8 Å². The molecule has 4 rings (SSSR count). The first-order valence-corrected chi connectivity index (χ1v) is 10.8. The first kappa shape index (κ1) is 21.7. The smallest absolute Gasteiger partial charge is 0.259 e. The molecule has 2 aliphatic rings. The number of methoxy groups -OCH3 is 1. The van der Waals surface area contributed by atoms with E-state index in [1.165, 1.54) is 0 Å². The molecule has 2 aliphatic heterocycles. The third-order valence-electron chi connectivity index (χ3n) is 5.99. The molecule has 1 aromatic heterocycles. The highest BCUT2D eigenvalue weighted by Gasteiger charge is 2.32. The number of rotatable bonds is 6.